The zero-order chi connectivity index (χ0) is 23.9. The molecular weight excluding hydrogens is 484 g/mol. The Kier molecular flexibility index (Phi) is 6.37. The molecule has 2 aliphatic heterocycles. The van der Waals surface area contributed by atoms with Crippen molar-refractivity contribution in [3.05, 3.63) is 105 Å². The van der Waals surface area contributed by atoms with Gasteiger partial charge in [0.05, 0.1) is 6.61 Å². The van der Waals surface area contributed by atoms with Gasteiger partial charge in [-0.2, -0.15) is 0 Å². The van der Waals surface area contributed by atoms with E-state index in [-0.39, 0.29) is 6.61 Å². The van der Waals surface area contributed by atoms with Crippen LogP contribution in [0, 0.1) is 0 Å². The van der Waals surface area contributed by atoms with Gasteiger partial charge in [-0.25, -0.2) is 0 Å². The lowest BCUT2D eigenvalue weighted by molar-refractivity contribution is -0.330. The summed E-state index contributed by atoms with van der Waals surface area (Å²) in [6, 6.07) is 25.7. The third kappa shape index (κ3) is 4.52. The molecular formula is C28H25ClO5S. The second kappa shape index (κ2) is 9.64. The van der Waals surface area contributed by atoms with Crippen LogP contribution >= 0.6 is 22.9 Å². The Balaban J connectivity index is 1.22. The quantitative estimate of drug-likeness (QED) is 0.385. The molecule has 2 aliphatic rings. The summed E-state index contributed by atoms with van der Waals surface area (Å²) in [5.74, 6) is 0. The number of aliphatic hydroxyl groups is 2. The SMILES string of the molecule is O[C@H]1[C@@H]2OC(c3ccccc3)OC[C@H]2OC(c2ccc(Cl)c(Cc3cc4ccccc4s3)c2)[C@@H]1O. The lowest BCUT2D eigenvalue weighted by Crippen LogP contribution is -2.59. The van der Waals surface area contributed by atoms with Crippen molar-refractivity contribution < 1.29 is 24.4 Å². The number of thiophene rings is 1. The molecule has 0 amide bonds. The maximum atomic E-state index is 11.0. The van der Waals surface area contributed by atoms with Gasteiger partial charge < -0.3 is 24.4 Å². The van der Waals surface area contributed by atoms with E-state index < -0.39 is 36.8 Å². The van der Waals surface area contributed by atoms with Gasteiger partial charge >= 0.3 is 0 Å². The monoisotopic (exact) mass is 508 g/mol. The molecule has 7 heteroatoms. The number of hydrogen-bond donors (Lipinski definition) is 2. The van der Waals surface area contributed by atoms with Crippen LogP contribution in [0.4, 0.5) is 0 Å². The molecule has 0 spiro atoms. The normalized spacial score (nSPS) is 28.7. The third-order valence-corrected chi connectivity index (χ3v) is 8.17. The molecule has 6 rings (SSSR count). The summed E-state index contributed by atoms with van der Waals surface area (Å²) in [7, 11) is 0. The number of halogens is 1. The predicted molar refractivity (Wildman–Crippen MR) is 136 cm³/mol. The number of fused-ring (bicyclic) bond motifs is 2. The fourth-order valence-electron chi connectivity index (χ4n) is 4.89. The molecule has 3 aromatic carbocycles. The zero-order valence-corrected chi connectivity index (χ0v) is 20.4. The summed E-state index contributed by atoms with van der Waals surface area (Å²) in [6.45, 7) is 0.257. The first-order chi connectivity index (χ1) is 17.1. The molecule has 35 heavy (non-hydrogen) atoms. The van der Waals surface area contributed by atoms with Crippen LogP contribution in [0.1, 0.15) is 34.0 Å². The second-order valence-corrected chi connectivity index (χ2v) is 10.6. The van der Waals surface area contributed by atoms with Crippen LogP contribution in [-0.4, -0.2) is 41.2 Å². The number of benzene rings is 3. The van der Waals surface area contributed by atoms with Crippen molar-refractivity contribution in [2.45, 2.75) is 43.2 Å². The molecule has 4 aromatic rings. The molecule has 0 aliphatic carbocycles. The fraction of sp³-hybridized carbons (Fsp3) is 0.286. The summed E-state index contributed by atoms with van der Waals surface area (Å²) < 4.78 is 19.4. The van der Waals surface area contributed by atoms with Crippen molar-refractivity contribution in [3.8, 4) is 0 Å². The second-order valence-electron chi connectivity index (χ2n) is 9.03. The van der Waals surface area contributed by atoms with Crippen molar-refractivity contribution in [2.75, 3.05) is 6.61 Å². The highest BCUT2D eigenvalue weighted by Crippen LogP contribution is 2.40. The van der Waals surface area contributed by atoms with Crippen LogP contribution in [0.2, 0.25) is 5.02 Å². The van der Waals surface area contributed by atoms with Crippen LogP contribution in [0.5, 0.6) is 0 Å². The van der Waals surface area contributed by atoms with Gasteiger partial charge in [0.15, 0.2) is 6.29 Å². The fourth-order valence-corrected chi connectivity index (χ4v) is 6.16. The summed E-state index contributed by atoms with van der Waals surface area (Å²) in [4.78, 5) is 1.21. The van der Waals surface area contributed by atoms with Crippen LogP contribution in [-0.2, 0) is 20.6 Å². The smallest absolute Gasteiger partial charge is 0.184 e. The van der Waals surface area contributed by atoms with E-state index >= 15 is 0 Å². The first-order valence-electron chi connectivity index (χ1n) is 11.7. The summed E-state index contributed by atoms with van der Waals surface area (Å²) in [6.07, 6.45) is -4.10. The minimum Gasteiger partial charge on any atom is -0.387 e. The van der Waals surface area contributed by atoms with E-state index in [9.17, 15) is 10.2 Å². The predicted octanol–water partition coefficient (Wildman–Crippen LogP) is 5.42. The largest absolute Gasteiger partial charge is 0.387 e. The van der Waals surface area contributed by atoms with E-state index in [0.717, 1.165) is 16.7 Å². The Hall–Kier alpha value is -2.29. The standard InChI is InChI=1S/C28H25ClO5S/c29-21-11-10-18(12-19(21)14-20-13-17-8-4-5-9-23(17)35-20)26-24(30)25(31)27-22(33-26)15-32-28(34-27)16-6-2-1-3-7-16/h1-13,22,24-28,30-31H,14-15H2/t22-,24-,25-,26?,27-,28?/m1/s1. The van der Waals surface area contributed by atoms with E-state index in [4.69, 9.17) is 25.8 Å². The van der Waals surface area contributed by atoms with Crippen LogP contribution in [0.25, 0.3) is 10.1 Å². The molecule has 2 N–H and O–H groups in total. The van der Waals surface area contributed by atoms with Gasteiger partial charge in [-0.1, -0.05) is 72.3 Å². The first-order valence-corrected chi connectivity index (χ1v) is 12.9. The third-order valence-electron chi connectivity index (χ3n) is 6.69. The molecule has 6 atom stereocenters. The summed E-state index contributed by atoms with van der Waals surface area (Å²) >= 11 is 8.29. The molecule has 2 saturated heterocycles. The van der Waals surface area contributed by atoms with Gasteiger partial charge in [-0.15, -0.1) is 11.3 Å². The van der Waals surface area contributed by atoms with E-state index in [1.165, 1.54) is 15.0 Å². The minimum atomic E-state index is -1.15. The number of aliphatic hydroxyl groups excluding tert-OH is 2. The Bertz CT molecular complexity index is 1290. The minimum absolute atomic E-state index is 0.257. The molecule has 0 saturated carbocycles. The molecule has 2 fully saturated rings. The topological polar surface area (TPSA) is 68.2 Å². The van der Waals surface area contributed by atoms with E-state index in [1.807, 2.05) is 60.7 Å². The lowest BCUT2D eigenvalue weighted by Gasteiger charge is -2.46. The van der Waals surface area contributed by atoms with Gasteiger partial charge in [0.1, 0.15) is 30.5 Å². The van der Waals surface area contributed by atoms with Crippen molar-refractivity contribution in [2.24, 2.45) is 0 Å². The molecule has 5 nitrogen and oxygen atoms in total. The molecule has 2 unspecified atom stereocenters. The van der Waals surface area contributed by atoms with Crippen molar-refractivity contribution in [1.29, 1.82) is 0 Å². The maximum Gasteiger partial charge on any atom is 0.184 e. The highest BCUT2D eigenvalue weighted by molar-refractivity contribution is 7.19. The first kappa shape index (κ1) is 23.1. The molecule has 0 bridgehead atoms. The van der Waals surface area contributed by atoms with Gasteiger partial charge in [0.2, 0.25) is 0 Å². The average Bonchev–Trinajstić information content (AvgIpc) is 3.30. The van der Waals surface area contributed by atoms with Crippen molar-refractivity contribution in [3.63, 3.8) is 0 Å². The van der Waals surface area contributed by atoms with Crippen LogP contribution in [0.15, 0.2) is 78.9 Å². The lowest BCUT2D eigenvalue weighted by atomic mass is 9.89. The van der Waals surface area contributed by atoms with Crippen molar-refractivity contribution in [1.82, 2.24) is 0 Å². The van der Waals surface area contributed by atoms with Crippen LogP contribution in [0.3, 0.4) is 0 Å². The molecule has 180 valence electrons. The Morgan fingerprint density at radius 1 is 0.857 bits per heavy atom. The highest BCUT2D eigenvalue weighted by Gasteiger charge is 2.49. The van der Waals surface area contributed by atoms with E-state index in [0.29, 0.717) is 11.4 Å². The Labute approximate surface area is 212 Å². The maximum absolute atomic E-state index is 11.0. The summed E-state index contributed by atoms with van der Waals surface area (Å²) in [5.41, 5.74) is 2.57. The van der Waals surface area contributed by atoms with E-state index in [2.05, 4.69) is 18.2 Å². The number of rotatable bonds is 4. The highest BCUT2D eigenvalue weighted by atomic mass is 35.5. The van der Waals surface area contributed by atoms with E-state index in [1.54, 1.807) is 11.3 Å². The molecule has 3 heterocycles. The number of ether oxygens (including phenoxy) is 3. The Morgan fingerprint density at radius 2 is 1.66 bits per heavy atom. The van der Waals surface area contributed by atoms with Gasteiger partial charge in [-0.3, -0.25) is 0 Å². The molecule has 1 aromatic heterocycles. The average molecular weight is 509 g/mol. The van der Waals surface area contributed by atoms with Gasteiger partial charge in [0.25, 0.3) is 0 Å². The molecule has 0 radical (unpaired) electrons. The zero-order valence-electron chi connectivity index (χ0n) is 18.8. The Morgan fingerprint density at radius 3 is 2.49 bits per heavy atom. The number of hydrogen-bond acceptors (Lipinski definition) is 6. The van der Waals surface area contributed by atoms with Gasteiger partial charge in [0, 0.05) is 26.6 Å². The van der Waals surface area contributed by atoms with Crippen LogP contribution < -0.4 is 0 Å². The van der Waals surface area contributed by atoms with Gasteiger partial charge in [-0.05, 0) is 34.7 Å². The summed E-state index contributed by atoms with van der Waals surface area (Å²) in [5, 5.41) is 23.9. The van der Waals surface area contributed by atoms with Crippen molar-refractivity contribution >= 4 is 33.0 Å².